The Kier molecular flexibility index (Phi) is 3.80. The van der Waals surface area contributed by atoms with Crippen LogP contribution in [0.25, 0.3) is 10.9 Å². The van der Waals surface area contributed by atoms with Crippen molar-refractivity contribution in [1.82, 2.24) is 9.55 Å². The summed E-state index contributed by atoms with van der Waals surface area (Å²) >= 11 is 0. The number of aryl methyl sites for hydroxylation is 3. The van der Waals surface area contributed by atoms with Crippen LogP contribution in [0.2, 0.25) is 0 Å². The van der Waals surface area contributed by atoms with Crippen molar-refractivity contribution in [3.8, 4) is 5.75 Å². The number of nitrogens with zero attached hydrogens (tertiary/aromatic N) is 1. The second-order valence-corrected chi connectivity index (χ2v) is 7.26. The fourth-order valence-corrected chi connectivity index (χ4v) is 3.88. The van der Waals surface area contributed by atoms with Crippen molar-refractivity contribution in [2.45, 2.75) is 33.1 Å². The van der Waals surface area contributed by atoms with E-state index in [1.54, 1.807) is 26.1 Å². The zero-order valence-electron chi connectivity index (χ0n) is 15.7. The normalized spacial score (nSPS) is 16.3. The van der Waals surface area contributed by atoms with E-state index >= 15 is 0 Å². The van der Waals surface area contributed by atoms with Crippen molar-refractivity contribution < 1.29 is 9.53 Å². The quantitative estimate of drug-likeness (QED) is 0.673. The Bertz CT molecular complexity index is 1230. The lowest BCUT2D eigenvalue weighted by Gasteiger charge is -2.25. The van der Waals surface area contributed by atoms with E-state index in [-0.39, 0.29) is 23.3 Å². The van der Waals surface area contributed by atoms with E-state index in [0.29, 0.717) is 16.8 Å². The molecule has 4 rings (SSSR count). The molecule has 0 spiro atoms. The van der Waals surface area contributed by atoms with Crippen LogP contribution in [0.1, 0.15) is 40.3 Å². The molecule has 1 aliphatic heterocycles. The van der Waals surface area contributed by atoms with Gasteiger partial charge in [-0.05, 0) is 43.9 Å². The number of fused-ring (bicyclic) bond motifs is 2. The molecule has 0 saturated carbocycles. The first kappa shape index (κ1) is 17.3. The number of benzene rings is 1. The average molecular weight is 364 g/mol. The van der Waals surface area contributed by atoms with Gasteiger partial charge in [0.25, 0.3) is 11.1 Å². The SMILES string of the molecule is Cc1cc(C)c2[nH]c(=O)c([C@H]3CC(=O)Oc4cc(C)n(C)c(=O)c43)cc2c1. The van der Waals surface area contributed by atoms with Crippen LogP contribution in [0.5, 0.6) is 5.75 Å². The van der Waals surface area contributed by atoms with Gasteiger partial charge in [-0.1, -0.05) is 11.6 Å². The van der Waals surface area contributed by atoms with Gasteiger partial charge in [-0.15, -0.1) is 0 Å². The van der Waals surface area contributed by atoms with Gasteiger partial charge in [0.05, 0.1) is 17.5 Å². The Balaban J connectivity index is 2.02. The molecule has 138 valence electrons. The number of pyridine rings is 2. The van der Waals surface area contributed by atoms with Crippen LogP contribution in [0, 0.1) is 20.8 Å². The first-order chi connectivity index (χ1) is 12.8. The Morgan fingerprint density at radius 1 is 1.07 bits per heavy atom. The summed E-state index contributed by atoms with van der Waals surface area (Å²) in [6.07, 6.45) is -0.0370. The van der Waals surface area contributed by atoms with Crippen molar-refractivity contribution in [1.29, 1.82) is 0 Å². The second-order valence-electron chi connectivity index (χ2n) is 7.26. The van der Waals surface area contributed by atoms with Crippen LogP contribution < -0.4 is 15.9 Å². The van der Waals surface area contributed by atoms with Gasteiger partial charge in [0, 0.05) is 30.3 Å². The molecule has 2 aromatic heterocycles. The van der Waals surface area contributed by atoms with Gasteiger partial charge in [-0.2, -0.15) is 0 Å². The van der Waals surface area contributed by atoms with Crippen molar-refractivity contribution >= 4 is 16.9 Å². The van der Waals surface area contributed by atoms with Crippen LogP contribution in [0.4, 0.5) is 0 Å². The van der Waals surface area contributed by atoms with E-state index in [1.165, 1.54) is 4.57 Å². The number of hydrogen-bond acceptors (Lipinski definition) is 4. The summed E-state index contributed by atoms with van der Waals surface area (Å²) in [4.78, 5) is 40.8. The summed E-state index contributed by atoms with van der Waals surface area (Å²) in [5.74, 6) is -0.827. The molecule has 0 aliphatic carbocycles. The third-order valence-electron chi connectivity index (χ3n) is 5.31. The zero-order valence-corrected chi connectivity index (χ0v) is 15.7. The minimum Gasteiger partial charge on any atom is -0.426 e. The maximum Gasteiger partial charge on any atom is 0.312 e. The molecule has 0 radical (unpaired) electrons. The summed E-state index contributed by atoms with van der Waals surface area (Å²) in [7, 11) is 1.67. The summed E-state index contributed by atoms with van der Waals surface area (Å²) in [6, 6.07) is 7.45. The molecule has 27 heavy (non-hydrogen) atoms. The molecule has 1 atom stereocenters. The molecule has 6 heteroatoms. The molecule has 6 nitrogen and oxygen atoms in total. The largest absolute Gasteiger partial charge is 0.426 e. The van der Waals surface area contributed by atoms with Gasteiger partial charge in [0.15, 0.2) is 0 Å². The number of ether oxygens (including phenoxy) is 1. The first-order valence-corrected chi connectivity index (χ1v) is 8.81. The molecular formula is C21H20N2O4. The minimum atomic E-state index is -0.630. The topological polar surface area (TPSA) is 81.2 Å². The molecule has 1 aromatic carbocycles. The molecule has 3 aromatic rings. The second kappa shape index (κ2) is 5.94. The highest BCUT2D eigenvalue weighted by Crippen LogP contribution is 2.36. The highest BCUT2D eigenvalue weighted by Gasteiger charge is 2.33. The monoisotopic (exact) mass is 364 g/mol. The molecule has 0 unspecified atom stereocenters. The number of carbonyl (C=O) groups excluding carboxylic acids is 1. The van der Waals surface area contributed by atoms with Crippen LogP contribution in [0.3, 0.4) is 0 Å². The first-order valence-electron chi connectivity index (χ1n) is 8.81. The highest BCUT2D eigenvalue weighted by atomic mass is 16.5. The molecule has 0 fully saturated rings. The number of rotatable bonds is 1. The van der Waals surface area contributed by atoms with Gasteiger partial charge in [0.2, 0.25) is 0 Å². The van der Waals surface area contributed by atoms with Crippen molar-refractivity contribution in [2.75, 3.05) is 0 Å². The maximum absolute atomic E-state index is 12.9. The molecule has 0 bridgehead atoms. The van der Waals surface area contributed by atoms with Gasteiger partial charge in [-0.25, -0.2) is 0 Å². The third-order valence-corrected chi connectivity index (χ3v) is 5.31. The summed E-state index contributed by atoms with van der Waals surface area (Å²) in [5, 5.41) is 0.881. The van der Waals surface area contributed by atoms with Crippen LogP contribution >= 0.6 is 0 Å². The lowest BCUT2D eigenvalue weighted by molar-refractivity contribution is -0.135. The fourth-order valence-electron chi connectivity index (χ4n) is 3.88. The summed E-state index contributed by atoms with van der Waals surface area (Å²) in [5.41, 5.74) is 3.74. The third kappa shape index (κ3) is 2.68. The average Bonchev–Trinajstić information content (AvgIpc) is 2.59. The van der Waals surface area contributed by atoms with E-state index in [0.717, 1.165) is 22.0 Å². The number of aromatic amines is 1. The van der Waals surface area contributed by atoms with Crippen LogP contribution in [-0.4, -0.2) is 15.5 Å². The number of H-pyrrole nitrogens is 1. The number of nitrogens with one attached hydrogen (secondary N) is 1. The Morgan fingerprint density at radius 3 is 2.56 bits per heavy atom. The predicted octanol–water partition coefficient (Wildman–Crippen LogP) is 2.59. The number of esters is 1. The standard InChI is InChI=1S/C21H20N2O4/c1-10-5-11(2)19-13(6-10)8-15(20(25)22-19)14-9-17(24)27-16-7-12(3)23(4)21(26)18(14)16/h5-8,14H,9H2,1-4H3,(H,22,25)/t14-/m1/s1. The lowest BCUT2D eigenvalue weighted by Crippen LogP contribution is -2.34. The number of carbonyl (C=O) groups is 1. The van der Waals surface area contributed by atoms with E-state index in [1.807, 2.05) is 26.0 Å². The Labute approximate surface area is 155 Å². The van der Waals surface area contributed by atoms with Gasteiger partial charge in [-0.3, -0.25) is 14.4 Å². The molecular weight excluding hydrogens is 344 g/mol. The molecule has 1 N–H and O–H groups in total. The fraction of sp³-hybridized carbons (Fsp3) is 0.286. The minimum absolute atomic E-state index is 0.0370. The Morgan fingerprint density at radius 2 is 1.81 bits per heavy atom. The maximum atomic E-state index is 12.9. The lowest BCUT2D eigenvalue weighted by atomic mass is 9.86. The van der Waals surface area contributed by atoms with Crippen LogP contribution in [0.15, 0.2) is 33.9 Å². The van der Waals surface area contributed by atoms with Gasteiger partial charge in [0.1, 0.15) is 5.75 Å². The van der Waals surface area contributed by atoms with Crippen LogP contribution in [-0.2, 0) is 11.8 Å². The number of hydrogen-bond donors (Lipinski definition) is 1. The van der Waals surface area contributed by atoms with Gasteiger partial charge < -0.3 is 14.3 Å². The highest BCUT2D eigenvalue weighted by molar-refractivity contribution is 5.84. The van der Waals surface area contributed by atoms with E-state index in [4.69, 9.17) is 4.74 Å². The van der Waals surface area contributed by atoms with E-state index in [9.17, 15) is 14.4 Å². The van der Waals surface area contributed by atoms with E-state index < -0.39 is 11.9 Å². The summed E-state index contributed by atoms with van der Waals surface area (Å²) in [6.45, 7) is 5.70. The molecule has 0 saturated heterocycles. The van der Waals surface area contributed by atoms with Crippen molar-refractivity contribution in [3.63, 3.8) is 0 Å². The van der Waals surface area contributed by atoms with E-state index in [2.05, 4.69) is 4.98 Å². The number of aromatic nitrogens is 2. The zero-order chi connectivity index (χ0) is 19.5. The molecule has 3 heterocycles. The summed E-state index contributed by atoms with van der Waals surface area (Å²) < 4.78 is 6.81. The molecule has 1 aliphatic rings. The van der Waals surface area contributed by atoms with Crippen molar-refractivity contribution in [3.05, 3.63) is 72.9 Å². The predicted molar refractivity (Wildman–Crippen MR) is 103 cm³/mol. The van der Waals surface area contributed by atoms with Crippen molar-refractivity contribution in [2.24, 2.45) is 7.05 Å². The van der Waals surface area contributed by atoms with Gasteiger partial charge >= 0.3 is 5.97 Å². The molecule has 0 amide bonds. The Hall–Kier alpha value is -3.15. The smallest absolute Gasteiger partial charge is 0.312 e.